The van der Waals surface area contributed by atoms with Gasteiger partial charge in [0.1, 0.15) is 11.5 Å². The van der Waals surface area contributed by atoms with Crippen LogP contribution in [0.2, 0.25) is 0 Å². The van der Waals surface area contributed by atoms with E-state index in [-0.39, 0.29) is 0 Å². The molecule has 0 aromatic heterocycles. The van der Waals surface area contributed by atoms with Gasteiger partial charge in [0.2, 0.25) is 0 Å². The fraction of sp³-hybridized carbons (Fsp3) is 0.133. The number of esters is 2. The number of nitrogens with zero attached hydrogens (tertiary/aromatic N) is 2. The van der Waals surface area contributed by atoms with E-state index in [0.717, 1.165) is 22.3 Å². The zero-order valence-electron chi connectivity index (χ0n) is 20.6. The van der Waals surface area contributed by atoms with Gasteiger partial charge in [-0.3, -0.25) is 0 Å². The van der Waals surface area contributed by atoms with Crippen LogP contribution in [0.4, 0.5) is 11.4 Å². The molecule has 0 heterocycles. The van der Waals surface area contributed by atoms with E-state index < -0.39 is 11.9 Å². The first-order valence-electron chi connectivity index (χ1n) is 11.5. The molecule has 4 aromatic carbocycles. The summed E-state index contributed by atoms with van der Waals surface area (Å²) in [5, 5.41) is 8.64. The van der Waals surface area contributed by atoms with Crippen molar-refractivity contribution in [3.05, 3.63) is 118 Å². The highest BCUT2D eigenvalue weighted by Crippen LogP contribution is 2.29. The van der Waals surface area contributed by atoms with Crippen LogP contribution in [0.5, 0.6) is 11.5 Å². The van der Waals surface area contributed by atoms with E-state index in [0.29, 0.717) is 34.0 Å². The summed E-state index contributed by atoms with van der Waals surface area (Å²) in [4.78, 5) is 24.8. The zero-order valence-corrected chi connectivity index (χ0v) is 20.6. The molecule has 6 nitrogen and oxygen atoms in total. The summed E-state index contributed by atoms with van der Waals surface area (Å²) in [7, 11) is 0. The van der Waals surface area contributed by atoms with Crippen LogP contribution < -0.4 is 9.47 Å². The molecule has 0 amide bonds. The van der Waals surface area contributed by atoms with E-state index in [4.69, 9.17) is 9.47 Å². The second-order valence-corrected chi connectivity index (χ2v) is 8.61. The minimum atomic E-state index is -0.414. The molecule has 4 rings (SSSR count). The Labute approximate surface area is 210 Å². The van der Waals surface area contributed by atoms with Crippen molar-refractivity contribution in [2.24, 2.45) is 10.2 Å². The first kappa shape index (κ1) is 24.5. The van der Waals surface area contributed by atoms with Gasteiger partial charge in [-0.1, -0.05) is 35.4 Å². The summed E-state index contributed by atoms with van der Waals surface area (Å²) in [6.07, 6.45) is 0. The molecular weight excluding hydrogens is 452 g/mol. The molecular formula is C30H26N2O4. The number of ether oxygens (including phenoxy) is 2. The molecule has 36 heavy (non-hydrogen) atoms. The van der Waals surface area contributed by atoms with Gasteiger partial charge in [0.25, 0.3) is 0 Å². The monoisotopic (exact) mass is 478 g/mol. The van der Waals surface area contributed by atoms with Crippen LogP contribution in [-0.4, -0.2) is 11.9 Å². The highest BCUT2D eigenvalue weighted by Gasteiger charge is 2.11. The number of azo groups is 1. The highest BCUT2D eigenvalue weighted by molar-refractivity contribution is 5.91. The fourth-order valence-corrected chi connectivity index (χ4v) is 3.43. The molecule has 0 bridgehead atoms. The molecule has 0 aliphatic rings. The van der Waals surface area contributed by atoms with Gasteiger partial charge in [0.15, 0.2) is 0 Å². The van der Waals surface area contributed by atoms with Crippen LogP contribution in [0.3, 0.4) is 0 Å². The summed E-state index contributed by atoms with van der Waals surface area (Å²) >= 11 is 0. The molecule has 0 aliphatic carbocycles. The lowest BCUT2D eigenvalue weighted by Gasteiger charge is -2.08. The van der Waals surface area contributed by atoms with Gasteiger partial charge in [-0.15, -0.1) is 0 Å². The predicted molar refractivity (Wildman–Crippen MR) is 139 cm³/mol. The third-order valence-corrected chi connectivity index (χ3v) is 5.59. The topological polar surface area (TPSA) is 77.3 Å². The minimum absolute atomic E-state index is 0.411. The summed E-state index contributed by atoms with van der Waals surface area (Å²) in [6.45, 7) is 7.64. The lowest BCUT2D eigenvalue weighted by molar-refractivity contribution is 0.0724. The van der Waals surface area contributed by atoms with Crippen LogP contribution in [-0.2, 0) is 0 Å². The predicted octanol–water partition coefficient (Wildman–Crippen LogP) is 7.77. The Morgan fingerprint density at radius 3 is 1.72 bits per heavy atom. The Bertz CT molecular complexity index is 1440. The normalized spacial score (nSPS) is 10.9. The van der Waals surface area contributed by atoms with Gasteiger partial charge in [0.05, 0.1) is 22.5 Å². The molecule has 0 saturated heterocycles. The SMILES string of the molecule is Cc1ccc(C(=O)Oc2ccc(N=Nc3ccc(OC(=O)c4ccc(C)cc4)c(C)c3)c(C)c2)cc1. The Balaban J connectivity index is 1.41. The van der Waals surface area contributed by atoms with Gasteiger partial charge in [-0.25, -0.2) is 9.59 Å². The van der Waals surface area contributed by atoms with Gasteiger partial charge in [0, 0.05) is 0 Å². The summed E-state index contributed by atoms with van der Waals surface area (Å²) in [6, 6.07) is 24.9. The summed E-state index contributed by atoms with van der Waals surface area (Å²) < 4.78 is 11.0. The molecule has 180 valence electrons. The van der Waals surface area contributed by atoms with Crippen LogP contribution >= 0.6 is 0 Å². The number of aryl methyl sites for hydroxylation is 4. The van der Waals surface area contributed by atoms with Gasteiger partial charge < -0.3 is 9.47 Å². The van der Waals surface area contributed by atoms with Crippen molar-refractivity contribution in [2.45, 2.75) is 27.7 Å². The largest absolute Gasteiger partial charge is 0.423 e. The average Bonchev–Trinajstić information content (AvgIpc) is 2.86. The molecule has 0 radical (unpaired) electrons. The molecule has 0 aliphatic heterocycles. The maximum absolute atomic E-state index is 12.4. The van der Waals surface area contributed by atoms with E-state index in [1.165, 1.54) is 0 Å². The maximum Gasteiger partial charge on any atom is 0.343 e. The third-order valence-electron chi connectivity index (χ3n) is 5.59. The molecule has 0 fully saturated rings. The molecule has 0 saturated carbocycles. The quantitative estimate of drug-likeness (QED) is 0.161. The van der Waals surface area contributed by atoms with Crippen LogP contribution in [0.25, 0.3) is 0 Å². The highest BCUT2D eigenvalue weighted by atomic mass is 16.5. The number of rotatable bonds is 6. The van der Waals surface area contributed by atoms with Crippen LogP contribution in [0, 0.1) is 27.7 Å². The van der Waals surface area contributed by atoms with E-state index in [9.17, 15) is 9.59 Å². The van der Waals surface area contributed by atoms with Crippen molar-refractivity contribution < 1.29 is 19.1 Å². The standard InChI is InChI=1S/C30H26N2O4/c1-19-5-9-23(10-6-19)29(33)35-26-14-15-27(21(3)18-26)32-31-25-13-16-28(22(4)17-25)36-30(34)24-11-7-20(2)8-12-24/h5-18H,1-4H3. The Kier molecular flexibility index (Phi) is 7.35. The first-order valence-corrected chi connectivity index (χ1v) is 11.5. The van der Waals surface area contributed by atoms with Gasteiger partial charge >= 0.3 is 11.9 Å². The summed E-state index contributed by atoms with van der Waals surface area (Å²) in [5.74, 6) is 0.0803. The first-order chi connectivity index (χ1) is 17.3. The number of hydrogen-bond donors (Lipinski definition) is 0. The molecule has 0 spiro atoms. The average molecular weight is 479 g/mol. The van der Waals surface area contributed by atoms with Gasteiger partial charge in [-0.2, -0.15) is 10.2 Å². The van der Waals surface area contributed by atoms with Crippen LogP contribution in [0.1, 0.15) is 43.0 Å². The Hall–Kier alpha value is -4.58. The second-order valence-electron chi connectivity index (χ2n) is 8.61. The van der Waals surface area contributed by atoms with Crippen molar-refractivity contribution in [3.63, 3.8) is 0 Å². The molecule has 6 heteroatoms. The lowest BCUT2D eigenvalue weighted by Crippen LogP contribution is -2.09. The maximum atomic E-state index is 12.4. The molecule has 4 aromatic rings. The van der Waals surface area contributed by atoms with Crippen molar-refractivity contribution >= 4 is 23.3 Å². The zero-order chi connectivity index (χ0) is 25.7. The fourth-order valence-electron chi connectivity index (χ4n) is 3.43. The molecule has 0 unspecified atom stereocenters. The van der Waals surface area contributed by atoms with E-state index in [1.54, 1.807) is 60.7 Å². The molecule has 0 atom stereocenters. The Morgan fingerprint density at radius 2 is 1.17 bits per heavy atom. The van der Waals surface area contributed by atoms with Crippen molar-refractivity contribution in [1.82, 2.24) is 0 Å². The second kappa shape index (κ2) is 10.8. The van der Waals surface area contributed by atoms with Crippen molar-refractivity contribution in [3.8, 4) is 11.5 Å². The summed E-state index contributed by atoms with van der Waals surface area (Å²) in [5.41, 5.74) is 5.98. The molecule has 0 N–H and O–H groups in total. The van der Waals surface area contributed by atoms with E-state index >= 15 is 0 Å². The van der Waals surface area contributed by atoms with Crippen molar-refractivity contribution in [1.29, 1.82) is 0 Å². The third kappa shape index (κ3) is 6.10. The number of hydrogen-bond acceptors (Lipinski definition) is 6. The van der Waals surface area contributed by atoms with Gasteiger partial charge in [-0.05, 0) is 99.5 Å². The number of carbonyl (C=O) groups excluding carboxylic acids is 2. The number of carbonyl (C=O) groups is 2. The lowest BCUT2D eigenvalue weighted by atomic mass is 10.1. The van der Waals surface area contributed by atoms with E-state index in [2.05, 4.69) is 10.2 Å². The number of benzene rings is 4. The van der Waals surface area contributed by atoms with Crippen molar-refractivity contribution in [2.75, 3.05) is 0 Å². The van der Waals surface area contributed by atoms with Crippen LogP contribution in [0.15, 0.2) is 95.2 Å². The smallest absolute Gasteiger partial charge is 0.343 e. The minimum Gasteiger partial charge on any atom is -0.423 e. The van der Waals surface area contributed by atoms with E-state index in [1.807, 2.05) is 52.0 Å². The Morgan fingerprint density at radius 1 is 0.583 bits per heavy atom.